The number of anilines is 1. The van der Waals surface area contributed by atoms with Gasteiger partial charge in [0.1, 0.15) is 11.9 Å². The number of nitrogens with one attached hydrogen (secondary N) is 1. The Balaban J connectivity index is 2.38. The lowest BCUT2D eigenvalue weighted by Gasteiger charge is -2.20. The van der Waals surface area contributed by atoms with Crippen LogP contribution in [0.5, 0.6) is 0 Å². The summed E-state index contributed by atoms with van der Waals surface area (Å²) in [6.45, 7) is 7.15. The largest absolute Gasteiger partial charge is 0.370 e. The predicted octanol–water partition coefficient (Wildman–Crippen LogP) is 1.91. The monoisotopic (exact) mass is 236 g/mol. The molecular formula is C12H20N4O. The molecule has 0 bridgehead atoms. The molecule has 1 aromatic heterocycles. The van der Waals surface area contributed by atoms with Crippen LogP contribution in [0.2, 0.25) is 0 Å². The quantitative estimate of drug-likeness (QED) is 0.606. The van der Waals surface area contributed by atoms with Crippen LogP contribution in [-0.4, -0.2) is 16.6 Å². The summed E-state index contributed by atoms with van der Waals surface area (Å²) in [6, 6.07) is 1.89. The van der Waals surface area contributed by atoms with Crippen molar-refractivity contribution < 1.29 is 4.74 Å². The summed E-state index contributed by atoms with van der Waals surface area (Å²) in [4.78, 5) is 8.98. The fourth-order valence-electron chi connectivity index (χ4n) is 1.85. The van der Waals surface area contributed by atoms with E-state index < -0.39 is 0 Å². The zero-order chi connectivity index (χ0) is 12.5. The molecule has 0 radical (unpaired) electrons. The van der Waals surface area contributed by atoms with Gasteiger partial charge in [0.25, 0.3) is 0 Å². The lowest BCUT2D eigenvalue weighted by Crippen LogP contribution is -2.19. The number of rotatable bonds is 2. The molecule has 2 heterocycles. The number of hydrogen-bond acceptors (Lipinski definition) is 5. The number of nitrogens with two attached hydrogens (primary N) is 1. The molecule has 0 amide bonds. The fourth-order valence-corrected chi connectivity index (χ4v) is 1.85. The van der Waals surface area contributed by atoms with E-state index in [0.717, 1.165) is 31.0 Å². The second-order valence-corrected chi connectivity index (χ2v) is 5.39. The van der Waals surface area contributed by atoms with E-state index in [1.165, 1.54) is 0 Å². The number of nitrogen functional groups attached to an aromatic ring is 1. The van der Waals surface area contributed by atoms with E-state index in [4.69, 9.17) is 10.6 Å². The Kier molecular flexibility index (Phi) is 3.31. The molecule has 1 aliphatic heterocycles. The van der Waals surface area contributed by atoms with Crippen molar-refractivity contribution in [2.75, 3.05) is 12.0 Å². The van der Waals surface area contributed by atoms with Crippen molar-refractivity contribution in [1.29, 1.82) is 0 Å². The van der Waals surface area contributed by atoms with Crippen LogP contribution in [-0.2, 0) is 10.2 Å². The fraction of sp³-hybridized carbons (Fsp3) is 0.667. The number of nitrogens with zero attached hydrogens (tertiary/aromatic N) is 2. The number of ether oxygens (including phenoxy) is 1. The molecular weight excluding hydrogens is 216 g/mol. The van der Waals surface area contributed by atoms with Crippen molar-refractivity contribution in [2.24, 2.45) is 5.84 Å². The topological polar surface area (TPSA) is 73.1 Å². The van der Waals surface area contributed by atoms with Gasteiger partial charge in [-0.25, -0.2) is 15.8 Å². The van der Waals surface area contributed by atoms with Crippen LogP contribution >= 0.6 is 0 Å². The summed E-state index contributed by atoms with van der Waals surface area (Å²) in [6.07, 6.45) is 2.07. The first kappa shape index (κ1) is 12.3. The molecule has 0 saturated carbocycles. The molecule has 1 aliphatic rings. The highest BCUT2D eigenvalue weighted by Gasteiger charge is 2.24. The van der Waals surface area contributed by atoms with E-state index >= 15 is 0 Å². The van der Waals surface area contributed by atoms with Gasteiger partial charge in [-0.1, -0.05) is 20.8 Å². The third-order valence-electron chi connectivity index (χ3n) is 2.88. The van der Waals surface area contributed by atoms with Crippen LogP contribution in [0.3, 0.4) is 0 Å². The van der Waals surface area contributed by atoms with E-state index in [1.807, 2.05) is 6.07 Å². The third-order valence-corrected chi connectivity index (χ3v) is 2.88. The van der Waals surface area contributed by atoms with Gasteiger partial charge in [-0.15, -0.1) is 0 Å². The van der Waals surface area contributed by atoms with Crippen LogP contribution in [0, 0.1) is 0 Å². The second kappa shape index (κ2) is 4.58. The summed E-state index contributed by atoms with van der Waals surface area (Å²) in [5.74, 6) is 6.84. The van der Waals surface area contributed by atoms with Crippen LogP contribution in [0.25, 0.3) is 0 Å². The minimum Gasteiger partial charge on any atom is -0.370 e. The first-order valence-corrected chi connectivity index (χ1v) is 5.98. The van der Waals surface area contributed by atoms with Gasteiger partial charge in [0.05, 0.1) is 5.69 Å². The minimum absolute atomic E-state index is 0.0180. The van der Waals surface area contributed by atoms with Crippen LogP contribution in [0.1, 0.15) is 51.2 Å². The highest BCUT2D eigenvalue weighted by atomic mass is 16.5. The minimum atomic E-state index is -0.0259. The second-order valence-electron chi connectivity index (χ2n) is 5.39. The molecule has 17 heavy (non-hydrogen) atoms. The van der Waals surface area contributed by atoms with E-state index in [0.29, 0.717) is 5.82 Å². The number of hydrazine groups is 1. The van der Waals surface area contributed by atoms with Gasteiger partial charge >= 0.3 is 0 Å². The van der Waals surface area contributed by atoms with E-state index in [9.17, 15) is 0 Å². The molecule has 0 spiro atoms. The van der Waals surface area contributed by atoms with Gasteiger partial charge in [0.15, 0.2) is 5.82 Å². The first-order valence-electron chi connectivity index (χ1n) is 5.98. The van der Waals surface area contributed by atoms with Crippen molar-refractivity contribution in [2.45, 2.75) is 45.1 Å². The standard InChI is InChI=1S/C12H20N4O/c1-12(2,3)9-7-10(16-13)15-11(14-9)8-5-4-6-17-8/h7-8H,4-6,13H2,1-3H3,(H,14,15,16). The molecule has 1 saturated heterocycles. The van der Waals surface area contributed by atoms with Crippen molar-refractivity contribution >= 4 is 5.82 Å². The zero-order valence-electron chi connectivity index (χ0n) is 10.7. The molecule has 5 nitrogen and oxygen atoms in total. The van der Waals surface area contributed by atoms with E-state index in [2.05, 4.69) is 36.2 Å². The smallest absolute Gasteiger partial charge is 0.159 e. The molecule has 1 unspecified atom stereocenters. The highest BCUT2D eigenvalue weighted by Crippen LogP contribution is 2.29. The summed E-state index contributed by atoms with van der Waals surface area (Å²) in [5, 5.41) is 0. The molecule has 5 heteroatoms. The maximum Gasteiger partial charge on any atom is 0.159 e. The number of hydrogen-bond donors (Lipinski definition) is 2. The average molecular weight is 236 g/mol. The Labute approximate surface area is 102 Å². The highest BCUT2D eigenvalue weighted by molar-refractivity contribution is 5.37. The Hall–Kier alpha value is -1.20. The Morgan fingerprint density at radius 2 is 2.18 bits per heavy atom. The van der Waals surface area contributed by atoms with Gasteiger partial charge < -0.3 is 10.2 Å². The summed E-state index contributed by atoms with van der Waals surface area (Å²) in [5.41, 5.74) is 3.55. The normalized spacial score (nSPS) is 20.6. The summed E-state index contributed by atoms with van der Waals surface area (Å²) >= 11 is 0. The Morgan fingerprint density at radius 3 is 2.71 bits per heavy atom. The van der Waals surface area contributed by atoms with Crippen molar-refractivity contribution in [3.05, 3.63) is 17.6 Å². The van der Waals surface area contributed by atoms with Crippen LogP contribution in [0.15, 0.2) is 6.07 Å². The Bertz CT molecular complexity index is 394. The molecule has 2 rings (SSSR count). The molecule has 1 atom stereocenters. The third kappa shape index (κ3) is 2.73. The summed E-state index contributed by atoms with van der Waals surface area (Å²) in [7, 11) is 0. The number of aromatic nitrogens is 2. The average Bonchev–Trinajstić information content (AvgIpc) is 2.80. The predicted molar refractivity (Wildman–Crippen MR) is 66.5 cm³/mol. The molecule has 3 N–H and O–H groups in total. The molecule has 0 aromatic carbocycles. The van der Waals surface area contributed by atoms with Gasteiger partial charge in [-0.05, 0) is 12.8 Å². The maximum absolute atomic E-state index is 5.61. The SMILES string of the molecule is CC(C)(C)c1cc(NN)nc(C2CCCO2)n1. The molecule has 94 valence electrons. The molecule has 0 aliphatic carbocycles. The van der Waals surface area contributed by atoms with Crippen molar-refractivity contribution in [3.63, 3.8) is 0 Å². The maximum atomic E-state index is 5.61. The molecule has 1 fully saturated rings. The molecule has 1 aromatic rings. The van der Waals surface area contributed by atoms with E-state index in [1.54, 1.807) is 0 Å². The first-order chi connectivity index (χ1) is 8.00. The summed E-state index contributed by atoms with van der Waals surface area (Å²) < 4.78 is 5.61. The Morgan fingerprint density at radius 1 is 1.41 bits per heavy atom. The lowest BCUT2D eigenvalue weighted by atomic mass is 9.92. The van der Waals surface area contributed by atoms with Crippen molar-refractivity contribution in [3.8, 4) is 0 Å². The van der Waals surface area contributed by atoms with Gasteiger partial charge in [-0.3, -0.25) is 0 Å². The van der Waals surface area contributed by atoms with Gasteiger partial charge in [0, 0.05) is 18.1 Å². The van der Waals surface area contributed by atoms with Crippen LogP contribution in [0.4, 0.5) is 5.82 Å². The van der Waals surface area contributed by atoms with Gasteiger partial charge in [0.2, 0.25) is 0 Å². The van der Waals surface area contributed by atoms with Gasteiger partial charge in [-0.2, -0.15) is 0 Å². The van der Waals surface area contributed by atoms with Crippen LogP contribution < -0.4 is 11.3 Å². The van der Waals surface area contributed by atoms with Crippen molar-refractivity contribution in [1.82, 2.24) is 9.97 Å². The lowest BCUT2D eigenvalue weighted by molar-refractivity contribution is 0.105. The van der Waals surface area contributed by atoms with E-state index in [-0.39, 0.29) is 11.5 Å². The zero-order valence-corrected chi connectivity index (χ0v) is 10.7.